The summed E-state index contributed by atoms with van der Waals surface area (Å²) in [6.07, 6.45) is 1.88. The van der Waals surface area contributed by atoms with Crippen LogP contribution in [0, 0.1) is 12.3 Å². The van der Waals surface area contributed by atoms with E-state index < -0.39 is 5.41 Å². The molecule has 1 unspecified atom stereocenters. The maximum absolute atomic E-state index is 12.6. The zero-order valence-corrected chi connectivity index (χ0v) is 13.5. The molecule has 0 aliphatic carbocycles. The van der Waals surface area contributed by atoms with Crippen molar-refractivity contribution in [3.05, 3.63) is 33.9 Å². The van der Waals surface area contributed by atoms with Crippen molar-refractivity contribution in [2.24, 2.45) is 5.41 Å². The van der Waals surface area contributed by atoms with Crippen LogP contribution in [0.25, 0.3) is 5.65 Å². The summed E-state index contributed by atoms with van der Waals surface area (Å²) in [5, 5.41) is 3.12. The summed E-state index contributed by atoms with van der Waals surface area (Å²) < 4.78 is 1.44. The van der Waals surface area contributed by atoms with Crippen LogP contribution in [0.15, 0.2) is 16.9 Å². The minimum absolute atomic E-state index is 0.00636. The van der Waals surface area contributed by atoms with Gasteiger partial charge in [0.05, 0.1) is 11.7 Å². The highest BCUT2D eigenvalue weighted by Gasteiger charge is 2.36. The molecule has 22 heavy (non-hydrogen) atoms. The minimum atomic E-state index is -0.402. The Morgan fingerprint density at radius 1 is 1.36 bits per heavy atom. The van der Waals surface area contributed by atoms with Gasteiger partial charge in [-0.15, -0.1) is 0 Å². The van der Waals surface area contributed by atoms with Crippen molar-refractivity contribution in [1.82, 2.24) is 19.5 Å². The van der Waals surface area contributed by atoms with E-state index in [4.69, 9.17) is 0 Å². The highest BCUT2D eigenvalue weighted by Crippen LogP contribution is 2.34. The van der Waals surface area contributed by atoms with E-state index in [-0.39, 0.29) is 17.5 Å². The van der Waals surface area contributed by atoms with E-state index in [0.29, 0.717) is 11.3 Å². The van der Waals surface area contributed by atoms with Crippen LogP contribution in [0.5, 0.6) is 0 Å². The molecule has 0 bridgehead atoms. The molecule has 0 aromatic carbocycles. The number of rotatable bonds is 1. The number of nitrogens with one attached hydrogen (secondary N) is 1. The van der Waals surface area contributed by atoms with Gasteiger partial charge in [-0.2, -0.15) is 0 Å². The number of likely N-dealkylation sites (tertiary alicyclic amines) is 1. The molecule has 6 heteroatoms. The number of aromatic amines is 1. The Kier molecular flexibility index (Phi) is 3.34. The summed E-state index contributed by atoms with van der Waals surface area (Å²) >= 11 is 0. The molecule has 1 atom stereocenters. The zero-order chi connectivity index (χ0) is 16.1. The largest absolute Gasteiger partial charge is 0.334 e. The molecular formula is C16H22N4O2. The van der Waals surface area contributed by atoms with Crippen molar-refractivity contribution >= 4 is 11.6 Å². The second-order valence-corrected chi connectivity index (χ2v) is 7.05. The second-order valence-electron chi connectivity index (χ2n) is 7.05. The first-order valence-corrected chi connectivity index (χ1v) is 7.68. The number of H-pyrrole nitrogens is 1. The van der Waals surface area contributed by atoms with Crippen LogP contribution in [-0.2, 0) is 4.79 Å². The fraction of sp³-hybridized carbons (Fsp3) is 0.562. The third-order valence-electron chi connectivity index (χ3n) is 4.11. The van der Waals surface area contributed by atoms with Crippen LogP contribution < -0.4 is 5.56 Å². The van der Waals surface area contributed by atoms with E-state index in [1.807, 2.05) is 31.7 Å². The number of carbonyl (C=O) groups excluding carboxylic acids is 1. The van der Waals surface area contributed by atoms with Gasteiger partial charge in [0.2, 0.25) is 5.91 Å². The lowest BCUT2D eigenvalue weighted by atomic mass is 9.94. The highest BCUT2D eigenvalue weighted by atomic mass is 16.2. The van der Waals surface area contributed by atoms with Crippen molar-refractivity contribution in [2.75, 3.05) is 6.54 Å². The third-order valence-corrected chi connectivity index (χ3v) is 4.11. The van der Waals surface area contributed by atoms with Crippen molar-refractivity contribution in [3.63, 3.8) is 0 Å². The minimum Gasteiger partial charge on any atom is -0.334 e. The van der Waals surface area contributed by atoms with Gasteiger partial charge in [0.25, 0.3) is 5.56 Å². The quantitative estimate of drug-likeness (QED) is 0.876. The Hall–Kier alpha value is -2.11. The molecule has 1 amide bonds. The maximum atomic E-state index is 12.6. The average molecular weight is 302 g/mol. The molecular weight excluding hydrogens is 280 g/mol. The summed E-state index contributed by atoms with van der Waals surface area (Å²) in [6, 6.07) is 3.38. The number of fused-ring (bicyclic) bond motifs is 1. The van der Waals surface area contributed by atoms with Crippen molar-refractivity contribution < 1.29 is 4.79 Å². The third kappa shape index (κ3) is 2.42. The summed E-state index contributed by atoms with van der Waals surface area (Å²) in [5.41, 5.74) is 1.66. The summed E-state index contributed by atoms with van der Waals surface area (Å²) in [6.45, 7) is 8.37. The molecule has 3 rings (SSSR count). The summed E-state index contributed by atoms with van der Waals surface area (Å²) in [4.78, 5) is 30.9. The van der Waals surface area contributed by atoms with E-state index in [9.17, 15) is 9.59 Å². The van der Waals surface area contributed by atoms with E-state index in [2.05, 4.69) is 10.1 Å². The predicted octanol–water partition coefficient (Wildman–Crippen LogP) is 2.04. The Bertz CT molecular complexity index is 782. The van der Waals surface area contributed by atoms with Crippen LogP contribution in [0.1, 0.15) is 51.0 Å². The number of aromatic nitrogens is 3. The van der Waals surface area contributed by atoms with Gasteiger partial charge in [0.15, 0.2) is 5.65 Å². The fourth-order valence-electron chi connectivity index (χ4n) is 3.06. The van der Waals surface area contributed by atoms with Crippen molar-refractivity contribution in [3.8, 4) is 0 Å². The normalized spacial score (nSPS) is 19.1. The molecule has 2 aromatic heterocycles. The lowest BCUT2D eigenvalue weighted by Gasteiger charge is -2.30. The molecule has 1 N–H and O–H groups in total. The maximum Gasteiger partial charge on any atom is 0.272 e. The highest BCUT2D eigenvalue weighted by molar-refractivity contribution is 5.82. The van der Waals surface area contributed by atoms with E-state index in [1.165, 1.54) is 10.6 Å². The Balaban J connectivity index is 2.01. The van der Waals surface area contributed by atoms with Crippen LogP contribution >= 0.6 is 0 Å². The van der Waals surface area contributed by atoms with E-state index in [0.717, 1.165) is 25.1 Å². The van der Waals surface area contributed by atoms with Gasteiger partial charge in [0.1, 0.15) is 0 Å². The fourth-order valence-corrected chi connectivity index (χ4v) is 3.06. The van der Waals surface area contributed by atoms with E-state index >= 15 is 0 Å². The number of aryl methyl sites for hydroxylation is 1. The molecule has 118 valence electrons. The van der Waals surface area contributed by atoms with Gasteiger partial charge in [-0.05, 0) is 19.8 Å². The first-order valence-electron chi connectivity index (χ1n) is 7.68. The predicted molar refractivity (Wildman–Crippen MR) is 83.7 cm³/mol. The number of hydrogen-bond acceptors (Lipinski definition) is 3. The summed E-state index contributed by atoms with van der Waals surface area (Å²) in [7, 11) is 0. The zero-order valence-electron chi connectivity index (χ0n) is 13.5. The van der Waals surface area contributed by atoms with E-state index in [1.54, 1.807) is 6.92 Å². The van der Waals surface area contributed by atoms with Crippen LogP contribution in [0.4, 0.5) is 0 Å². The topological polar surface area (TPSA) is 70.5 Å². The van der Waals surface area contributed by atoms with Gasteiger partial charge in [-0.25, -0.2) is 9.50 Å². The second kappa shape index (κ2) is 4.97. The molecule has 1 aliphatic rings. The van der Waals surface area contributed by atoms with Crippen LogP contribution in [-0.4, -0.2) is 31.9 Å². The van der Waals surface area contributed by atoms with Crippen molar-refractivity contribution in [1.29, 1.82) is 0 Å². The van der Waals surface area contributed by atoms with Gasteiger partial charge < -0.3 is 4.90 Å². The molecule has 1 saturated heterocycles. The van der Waals surface area contributed by atoms with Gasteiger partial charge in [-0.1, -0.05) is 20.8 Å². The molecule has 0 saturated carbocycles. The molecule has 0 spiro atoms. The van der Waals surface area contributed by atoms with Gasteiger partial charge in [0, 0.05) is 29.8 Å². The molecule has 2 aromatic rings. The average Bonchev–Trinajstić information content (AvgIpc) is 3.01. The van der Waals surface area contributed by atoms with Crippen molar-refractivity contribution in [2.45, 2.75) is 46.6 Å². The first-order chi connectivity index (χ1) is 10.3. The smallest absolute Gasteiger partial charge is 0.272 e. The Morgan fingerprint density at radius 2 is 2.09 bits per heavy atom. The molecule has 3 heterocycles. The monoisotopic (exact) mass is 302 g/mol. The lowest BCUT2D eigenvalue weighted by molar-refractivity contribution is -0.140. The number of amides is 1. The van der Waals surface area contributed by atoms with Crippen LogP contribution in [0.3, 0.4) is 0 Å². The standard InChI is InChI=1S/C16H22N4O2/c1-10-8-14(21)20-13(17-10)9-11(18-20)12-6-5-7-19(12)15(22)16(2,3)4/h8-9,12,18H,5-7H2,1-4H3. The number of hydrogen-bond donors (Lipinski definition) is 1. The summed E-state index contributed by atoms with van der Waals surface area (Å²) in [5.74, 6) is 0.144. The Labute approximate surface area is 129 Å². The molecule has 6 nitrogen and oxygen atoms in total. The SMILES string of the molecule is Cc1cc(=O)n2[nH]c(C3CCCN3C(=O)C(C)(C)C)cc2n1. The van der Waals surface area contributed by atoms with Gasteiger partial charge >= 0.3 is 0 Å². The van der Waals surface area contributed by atoms with Crippen LogP contribution in [0.2, 0.25) is 0 Å². The lowest BCUT2D eigenvalue weighted by Crippen LogP contribution is -2.39. The molecule has 1 fully saturated rings. The van der Waals surface area contributed by atoms with Gasteiger partial charge in [-0.3, -0.25) is 14.7 Å². The molecule has 0 radical (unpaired) electrons. The first kappa shape index (κ1) is 14.8. The molecule has 1 aliphatic heterocycles. The number of nitrogens with zero attached hydrogens (tertiary/aromatic N) is 3. The Morgan fingerprint density at radius 3 is 2.77 bits per heavy atom. The number of carbonyl (C=O) groups is 1.